The molecule has 1 aliphatic heterocycles. The monoisotopic (exact) mass is 187 g/mol. The summed E-state index contributed by atoms with van der Waals surface area (Å²) >= 11 is 0. The molecule has 1 N–H and O–H groups in total. The standard InChI is InChI=1S/C13H17N/c1-2-12-11-5-3-4-9-6-7-10(8-14-12)13(9)11/h3-5,10,12,14H,2,6-8H2,1H3. The van der Waals surface area contributed by atoms with E-state index in [1.54, 1.807) is 16.7 Å². The Hall–Kier alpha value is -0.820. The lowest BCUT2D eigenvalue weighted by Gasteiger charge is -2.30. The highest BCUT2D eigenvalue weighted by molar-refractivity contribution is 5.45. The highest BCUT2D eigenvalue weighted by atomic mass is 14.9. The minimum atomic E-state index is 0.610. The number of hydrogen-bond donors (Lipinski definition) is 1. The van der Waals surface area contributed by atoms with Crippen molar-refractivity contribution in [3.8, 4) is 0 Å². The molecule has 1 heterocycles. The minimum absolute atomic E-state index is 0.610. The van der Waals surface area contributed by atoms with Gasteiger partial charge in [-0.3, -0.25) is 0 Å². The molecule has 0 fully saturated rings. The number of rotatable bonds is 1. The summed E-state index contributed by atoms with van der Waals surface area (Å²) in [5.41, 5.74) is 4.89. The second-order valence-corrected chi connectivity index (χ2v) is 4.52. The average molecular weight is 187 g/mol. The third kappa shape index (κ3) is 1.05. The molecule has 3 rings (SSSR count). The van der Waals surface area contributed by atoms with Gasteiger partial charge < -0.3 is 5.32 Å². The lowest BCUT2D eigenvalue weighted by Crippen LogP contribution is -2.31. The quantitative estimate of drug-likeness (QED) is 0.713. The molecule has 14 heavy (non-hydrogen) atoms. The summed E-state index contributed by atoms with van der Waals surface area (Å²) in [6, 6.07) is 7.47. The Kier molecular flexibility index (Phi) is 1.88. The molecule has 74 valence electrons. The van der Waals surface area contributed by atoms with Crippen molar-refractivity contribution in [3.05, 3.63) is 34.9 Å². The van der Waals surface area contributed by atoms with Gasteiger partial charge in [-0.1, -0.05) is 25.1 Å². The van der Waals surface area contributed by atoms with Crippen molar-refractivity contribution < 1.29 is 0 Å². The van der Waals surface area contributed by atoms with Gasteiger partial charge in [0.25, 0.3) is 0 Å². The molecular formula is C13H17N. The Bertz CT molecular complexity index is 356. The van der Waals surface area contributed by atoms with Crippen LogP contribution in [-0.4, -0.2) is 6.54 Å². The van der Waals surface area contributed by atoms with Crippen LogP contribution in [0.5, 0.6) is 0 Å². The fourth-order valence-corrected chi connectivity index (χ4v) is 3.09. The van der Waals surface area contributed by atoms with Gasteiger partial charge >= 0.3 is 0 Å². The molecule has 1 nitrogen and oxygen atoms in total. The van der Waals surface area contributed by atoms with Crippen LogP contribution in [0.4, 0.5) is 0 Å². The Morgan fingerprint density at radius 1 is 1.43 bits per heavy atom. The summed E-state index contributed by atoms with van der Waals surface area (Å²) in [4.78, 5) is 0. The SMILES string of the molecule is CCC1NCC2CCc3cccc1c32. The lowest BCUT2D eigenvalue weighted by atomic mass is 9.87. The highest BCUT2D eigenvalue weighted by Crippen LogP contribution is 2.41. The van der Waals surface area contributed by atoms with Crippen LogP contribution in [-0.2, 0) is 6.42 Å². The zero-order valence-electron chi connectivity index (χ0n) is 8.72. The van der Waals surface area contributed by atoms with Crippen molar-refractivity contribution in [1.29, 1.82) is 0 Å². The molecule has 2 atom stereocenters. The summed E-state index contributed by atoms with van der Waals surface area (Å²) in [6.45, 7) is 3.47. The van der Waals surface area contributed by atoms with Gasteiger partial charge in [-0.05, 0) is 41.9 Å². The zero-order chi connectivity index (χ0) is 9.54. The molecule has 0 spiro atoms. The Balaban J connectivity index is 2.15. The molecule has 0 aromatic heterocycles. The van der Waals surface area contributed by atoms with Crippen LogP contribution in [0.2, 0.25) is 0 Å². The first-order valence-corrected chi connectivity index (χ1v) is 5.75. The summed E-state index contributed by atoms with van der Waals surface area (Å²) < 4.78 is 0. The molecule has 1 aromatic rings. The third-order valence-electron chi connectivity index (χ3n) is 3.79. The second-order valence-electron chi connectivity index (χ2n) is 4.52. The summed E-state index contributed by atoms with van der Waals surface area (Å²) in [7, 11) is 0. The van der Waals surface area contributed by atoms with E-state index in [9.17, 15) is 0 Å². The van der Waals surface area contributed by atoms with Crippen molar-refractivity contribution in [2.45, 2.75) is 38.1 Å². The zero-order valence-corrected chi connectivity index (χ0v) is 8.72. The fourth-order valence-electron chi connectivity index (χ4n) is 3.09. The maximum atomic E-state index is 3.66. The molecule has 0 saturated carbocycles. The van der Waals surface area contributed by atoms with Gasteiger partial charge in [0.1, 0.15) is 0 Å². The lowest BCUT2D eigenvalue weighted by molar-refractivity contribution is 0.447. The van der Waals surface area contributed by atoms with Crippen molar-refractivity contribution >= 4 is 0 Å². The molecular weight excluding hydrogens is 170 g/mol. The van der Waals surface area contributed by atoms with Crippen LogP contribution < -0.4 is 5.32 Å². The van der Waals surface area contributed by atoms with Gasteiger partial charge in [-0.25, -0.2) is 0 Å². The summed E-state index contributed by atoms with van der Waals surface area (Å²) in [5, 5.41) is 3.66. The number of aryl methyl sites for hydroxylation is 1. The molecule has 0 radical (unpaired) electrons. The van der Waals surface area contributed by atoms with Gasteiger partial charge in [0.15, 0.2) is 0 Å². The Morgan fingerprint density at radius 2 is 2.36 bits per heavy atom. The second kappa shape index (κ2) is 3.09. The van der Waals surface area contributed by atoms with Gasteiger partial charge in [-0.15, -0.1) is 0 Å². The van der Waals surface area contributed by atoms with E-state index in [4.69, 9.17) is 0 Å². The van der Waals surface area contributed by atoms with Crippen molar-refractivity contribution in [1.82, 2.24) is 5.32 Å². The van der Waals surface area contributed by atoms with Crippen LogP contribution in [0.3, 0.4) is 0 Å². The number of nitrogens with one attached hydrogen (secondary N) is 1. The fraction of sp³-hybridized carbons (Fsp3) is 0.538. The van der Waals surface area contributed by atoms with E-state index in [1.165, 1.54) is 25.8 Å². The van der Waals surface area contributed by atoms with E-state index < -0.39 is 0 Å². The molecule has 1 aromatic carbocycles. The smallest absolute Gasteiger partial charge is 0.0320 e. The largest absolute Gasteiger partial charge is 0.309 e. The average Bonchev–Trinajstić information content (AvgIpc) is 2.65. The Labute approximate surface area is 85.5 Å². The molecule has 2 aliphatic rings. The maximum Gasteiger partial charge on any atom is 0.0320 e. The molecule has 0 bridgehead atoms. The normalized spacial score (nSPS) is 28.9. The van der Waals surface area contributed by atoms with Crippen LogP contribution in [0, 0.1) is 0 Å². The molecule has 1 aliphatic carbocycles. The van der Waals surface area contributed by atoms with Crippen LogP contribution in [0.25, 0.3) is 0 Å². The maximum absolute atomic E-state index is 3.66. The van der Waals surface area contributed by atoms with E-state index in [1.807, 2.05) is 0 Å². The highest BCUT2D eigenvalue weighted by Gasteiger charge is 2.31. The van der Waals surface area contributed by atoms with E-state index in [2.05, 4.69) is 30.4 Å². The van der Waals surface area contributed by atoms with Crippen LogP contribution in [0.15, 0.2) is 18.2 Å². The van der Waals surface area contributed by atoms with Crippen molar-refractivity contribution in [3.63, 3.8) is 0 Å². The topological polar surface area (TPSA) is 12.0 Å². The number of benzene rings is 1. The number of hydrogen-bond acceptors (Lipinski definition) is 1. The predicted molar refractivity (Wildman–Crippen MR) is 58.5 cm³/mol. The van der Waals surface area contributed by atoms with Gasteiger partial charge in [0, 0.05) is 12.6 Å². The first-order chi connectivity index (χ1) is 6.90. The van der Waals surface area contributed by atoms with Gasteiger partial charge in [0.05, 0.1) is 0 Å². The van der Waals surface area contributed by atoms with Crippen LogP contribution in [0.1, 0.15) is 48.4 Å². The molecule has 2 unspecified atom stereocenters. The van der Waals surface area contributed by atoms with Crippen molar-refractivity contribution in [2.24, 2.45) is 0 Å². The predicted octanol–water partition coefficient (Wildman–Crippen LogP) is 2.77. The first kappa shape index (κ1) is 8.49. The minimum Gasteiger partial charge on any atom is -0.309 e. The summed E-state index contributed by atoms with van der Waals surface area (Å²) in [6.07, 6.45) is 3.87. The molecule has 0 amide bonds. The molecule has 1 heteroatoms. The Morgan fingerprint density at radius 3 is 3.21 bits per heavy atom. The van der Waals surface area contributed by atoms with E-state index in [-0.39, 0.29) is 0 Å². The van der Waals surface area contributed by atoms with Crippen molar-refractivity contribution in [2.75, 3.05) is 6.54 Å². The van der Waals surface area contributed by atoms with Gasteiger partial charge in [-0.2, -0.15) is 0 Å². The van der Waals surface area contributed by atoms with Gasteiger partial charge in [0.2, 0.25) is 0 Å². The first-order valence-electron chi connectivity index (χ1n) is 5.75. The van der Waals surface area contributed by atoms with Crippen LogP contribution >= 0.6 is 0 Å². The summed E-state index contributed by atoms with van der Waals surface area (Å²) in [5.74, 6) is 0.809. The van der Waals surface area contributed by atoms with E-state index in [0.717, 1.165) is 5.92 Å². The molecule has 0 saturated heterocycles. The third-order valence-corrected chi connectivity index (χ3v) is 3.79. The van der Waals surface area contributed by atoms with E-state index in [0.29, 0.717) is 6.04 Å². The van der Waals surface area contributed by atoms with E-state index >= 15 is 0 Å².